The van der Waals surface area contributed by atoms with Gasteiger partial charge in [-0.25, -0.2) is 13.4 Å². The number of nitrogens with one attached hydrogen (secondary N) is 1. The van der Waals surface area contributed by atoms with Crippen LogP contribution in [0.3, 0.4) is 0 Å². The van der Waals surface area contributed by atoms with Gasteiger partial charge >= 0.3 is 0 Å². The average Bonchev–Trinajstić information content (AvgIpc) is 2.45. The van der Waals surface area contributed by atoms with Gasteiger partial charge in [-0.15, -0.1) is 0 Å². The lowest BCUT2D eigenvalue weighted by Crippen LogP contribution is -2.47. The molecule has 118 valence electrons. The smallest absolute Gasteiger partial charge is 0.263 e. The Balaban J connectivity index is 2.39. The molecule has 1 aromatic heterocycles. The number of rotatable bonds is 5. The Kier molecular flexibility index (Phi) is 5.22. The van der Waals surface area contributed by atoms with Gasteiger partial charge in [0.1, 0.15) is 0 Å². The number of hydrogen-bond acceptors (Lipinski definition) is 4. The van der Waals surface area contributed by atoms with Gasteiger partial charge in [0.15, 0.2) is 5.03 Å². The Morgan fingerprint density at radius 2 is 2.00 bits per heavy atom. The maximum atomic E-state index is 13.0. The first-order valence-corrected chi connectivity index (χ1v) is 9.15. The minimum atomic E-state index is -3.56. The van der Waals surface area contributed by atoms with E-state index in [0.717, 1.165) is 32.2 Å². The van der Waals surface area contributed by atoms with Crippen molar-refractivity contribution in [1.29, 1.82) is 0 Å². The van der Waals surface area contributed by atoms with Crippen LogP contribution in [-0.4, -0.2) is 36.3 Å². The summed E-state index contributed by atoms with van der Waals surface area (Å²) in [4.78, 5) is 4.16. The van der Waals surface area contributed by atoms with E-state index in [1.807, 2.05) is 20.8 Å². The van der Waals surface area contributed by atoms with Crippen LogP contribution in [0.4, 0.5) is 5.69 Å². The van der Waals surface area contributed by atoms with Crippen LogP contribution >= 0.6 is 0 Å². The van der Waals surface area contributed by atoms with Crippen LogP contribution in [-0.2, 0) is 10.0 Å². The third-order valence-corrected chi connectivity index (χ3v) is 6.06. The van der Waals surface area contributed by atoms with Gasteiger partial charge < -0.3 is 5.32 Å². The number of hydrogen-bond donors (Lipinski definition) is 1. The molecule has 1 aliphatic heterocycles. The number of anilines is 1. The molecule has 0 saturated carbocycles. The molecule has 0 spiro atoms. The summed E-state index contributed by atoms with van der Waals surface area (Å²) in [6, 6.07) is 3.61. The van der Waals surface area contributed by atoms with Crippen molar-refractivity contribution in [2.24, 2.45) is 0 Å². The van der Waals surface area contributed by atoms with Gasteiger partial charge in [-0.1, -0.05) is 13.3 Å². The Bertz CT molecular complexity index is 564. The van der Waals surface area contributed by atoms with E-state index in [1.165, 1.54) is 0 Å². The molecule has 2 rings (SSSR count). The maximum Gasteiger partial charge on any atom is 0.263 e. The fourth-order valence-electron chi connectivity index (χ4n) is 2.96. The van der Waals surface area contributed by atoms with Crippen molar-refractivity contribution < 1.29 is 8.42 Å². The van der Waals surface area contributed by atoms with E-state index in [-0.39, 0.29) is 17.1 Å². The Morgan fingerprint density at radius 3 is 2.62 bits per heavy atom. The van der Waals surface area contributed by atoms with Crippen LogP contribution in [0.2, 0.25) is 0 Å². The van der Waals surface area contributed by atoms with Gasteiger partial charge in [-0.3, -0.25) is 0 Å². The van der Waals surface area contributed by atoms with Crippen LogP contribution in [0.5, 0.6) is 0 Å². The molecule has 2 atom stereocenters. The van der Waals surface area contributed by atoms with E-state index < -0.39 is 10.0 Å². The summed E-state index contributed by atoms with van der Waals surface area (Å²) in [6.45, 7) is 6.75. The minimum Gasteiger partial charge on any atom is -0.383 e. The van der Waals surface area contributed by atoms with Crippen molar-refractivity contribution in [2.45, 2.75) is 63.6 Å². The highest BCUT2D eigenvalue weighted by molar-refractivity contribution is 7.89. The first-order chi connectivity index (χ1) is 9.98. The van der Waals surface area contributed by atoms with Crippen LogP contribution < -0.4 is 5.32 Å². The maximum absolute atomic E-state index is 13.0. The summed E-state index contributed by atoms with van der Waals surface area (Å²) in [5.74, 6) is 0. The molecular formula is C15H25N3O2S. The standard InChI is InChI=1S/C15H25N3O2S/c1-4-10-16-14-9-6-11-17-15(14)21(19,20)18-12(2)7-5-8-13(18)3/h6,9,11-13,16H,4-5,7-8,10H2,1-3H3. The summed E-state index contributed by atoms with van der Waals surface area (Å²) in [7, 11) is -3.56. The molecule has 21 heavy (non-hydrogen) atoms. The van der Waals surface area contributed by atoms with Gasteiger partial charge in [0.05, 0.1) is 5.69 Å². The largest absolute Gasteiger partial charge is 0.383 e. The molecule has 1 saturated heterocycles. The Labute approximate surface area is 127 Å². The summed E-state index contributed by atoms with van der Waals surface area (Å²) < 4.78 is 27.7. The summed E-state index contributed by atoms with van der Waals surface area (Å²) >= 11 is 0. The molecule has 0 aliphatic carbocycles. The predicted molar refractivity (Wildman–Crippen MR) is 84.8 cm³/mol. The van der Waals surface area contributed by atoms with Crippen molar-refractivity contribution in [3.8, 4) is 0 Å². The quantitative estimate of drug-likeness (QED) is 0.908. The van der Waals surface area contributed by atoms with Crippen molar-refractivity contribution in [3.63, 3.8) is 0 Å². The van der Waals surface area contributed by atoms with E-state index in [2.05, 4.69) is 10.3 Å². The van der Waals surface area contributed by atoms with E-state index in [1.54, 1.807) is 22.6 Å². The van der Waals surface area contributed by atoms with Gasteiger partial charge in [0.2, 0.25) is 0 Å². The monoisotopic (exact) mass is 311 g/mol. The molecule has 1 aliphatic rings. The normalized spacial score (nSPS) is 24.0. The molecule has 1 fully saturated rings. The van der Waals surface area contributed by atoms with Gasteiger partial charge in [0, 0.05) is 24.8 Å². The lowest BCUT2D eigenvalue weighted by Gasteiger charge is -2.37. The van der Waals surface area contributed by atoms with Crippen LogP contribution in [0.1, 0.15) is 46.5 Å². The molecule has 0 bridgehead atoms. The highest BCUT2D eigenvalue weighted by Gasteiger charge is 2.37. The molecular weight excluding hydrogens is 286 g/mol. The first kappa shape index (κ1) is 16.2. The van der Waals surface area contributed by atoms with Crippen molar-refractivity contribution in [3.05, 3.63) is 18.3 Å². The fourth-order valence-corrected chi connectivity index (χ4v) is 4.93. The second kappa shape index (κ2) is 6.75. The molecule has 0 radical (unpaired) electrons. The topological polar surface area (TPSA) is 62.3 Å². The van der Waals surface area contributed by atoms with Crippen LogP contribution in [0.25, 0.3) is 0 Å². The van der Waals surface area contributed by atoms with E-state index >= 15 is 0 Å². The highest BCUT2D eigenvalue weighted by Crippen LogP contribution is 2.31. The lowest BCUT2D eigenvalue weighted by molar-refractivity contribution is 0.204. The molecule has 6 heteroatoms. The average molecular weight is 311 g/mol. The number of sulfonamides is 1. The minimum absolute atomic E-state index is 0.0276. The molecule has 1 N–H and O–H groups in total. The van der Waals surface area contributed by atoms with Crippen molar-refractivity contribution >= 4 is 15.7 Å². The second-order valence-corrected chi connectivity index (χ2v) is 7.51. The second-order valence-electron chi connectivity index (χ2n) is 5.75. The SMILES string of the molecule is CCCNc1cccnc1S(=O)(=O)N1C(C)CCCC1C. The number of pyridine rings is 1. The number of piperidine rings is 1. The molecule has 5 nitrogen and oxygen atoms in total. The van der Waals surface area contributed by atoms with E-state index in [0.29, 0.717) is 5.69 Å². The molecule has 0 aromatic carbocycles. The van der Waals surface area contributed by atoms with Crippen molar-refractivity contribution in [1.82, 2.24) is 9.29 Å². The Hall–Kier alpha value is -1.14. The molecule has 2 heterocycles. The summed E-state index contributed by atoms with van der Waals surface area (Å²) in [5, 5.41) is 3.32. The molecule has 1 aromatic rings. The highest BCUT2D eigenvalue weighted by atomic mass is 32.2. The third-order valence-electron chi connectivity index (χ3n) is 3.97. The predicted octanol–water partition coefficient (Wildman–Crippen LogP) is 2.86. The summed E-state index contributed by atoms with van der Waals surface area (Å²) in [6.07, 6.45) is 5.38. The van der Waals surface area contributed by atoms with Crippen LogP contribution in [0, 0.1) is 0 Å². The third kappa shape index (κ3) is 3.37. The first-order valence-electron chi connectivity index (χ1n) is 7.71. The van der Waals surface area contributed by atoms with E-state index in [4.69, 9.17) is 0 Å². The van der Waals surface area contributed by atoms with Gasteiger partial charge in [-0.05, 0) is 45.2 Å². The molecule has 2 unspecified atom stereocenters. The zero-order chi connectivity index (χ0) is 15.5. The van der Waals surface area contributed by atoms with Crippen LogP contribution in [0.15, 0.2) is 23.4 Å². The lowest BCUT2D eigenvalue weighted by atomic mass is 10.0. The zero-order valence-electron chi connectivity index (χ0n) is 13.0. The zero-order valence-corrected chi connectivity index (χ0v) is 13.9. The Morgan fingerprint density at radius 1 is 1.33 bits per heavy atom. The van der Waals surface area contributed by atoms with Crippen molar-refractivity contribution in [2.75, 3.05) is 11.9 Å². The van der Waals surface area contributed by atoms with E-state index in [9.17, 15) is 8.42 Å². The van der Waals surface area contributed by atoms with Gasteiger partial charge in [0.25, 0.3) is 10.0 Å². The summed E-state index contributed by atoms with van der Waals surface area (Å²) in [5.41, 5.74) is 0.601. The number of nitrogens with zero attached hydrogens (tertiary/aromatic N) is 2. The number of aromatic nitrogens is 1. The van der Waals surface area contributed by atoms with Gasteiger partial charge in [-0.2, -0.15) is 4.31 Å². The molecule has 0 amide bonds. The fraction of sp³-hybridized carbons (Fsp3) is 0.667.